The Morgan fingerprint density at radius 3 is 2.15 bits per heavy atom. The average Bonchev–Trinajstić information content (AvgIpc) is 2.43. The molecule has 0 unspecified atom stereocenters. The average molecular weight is 279 g/mol. The lowest BCUT2D eigenvalue weighted by Gasteiger charge is -2.09. The van der Waals surface area contributed by atoms with Crippen molar-refractivity contribution in [3.63, 3.8) is 0 Å². The molecule has 0 heterocycles. The fourth-order valence-corrected chi connectivity index (χ4v) is 1.87. The van der Waals surface area contributed by atoms with Gasteiger partial charge in [-0.2, -0.15) is 0 Å². The van der Waals surface area contributed by atoms with Crippen LogP contribution >= 0.6 is 0 Å². The van der Waals surface area contributed by atoms with Gasteiger partial charge in [-0.05, 0) is 23.3 Å². The fraction of sp³-hybridized carbons (Fsp3) is 0.250. The predicted octanol–water partition coefficient (Wildman–Crippen LogP) is 4.27. The topological polar surface area (TPSA) is 12.0 Å². The Morgan fingerprint density at radius 2 is 1.55 bits per heavy atom. The van der Waals surface area contributed by atoms with Crippen molar-refractivity contribution in [3.8, 4) is 11.1 Å². The van der Waals surface area contributed by atoms with Crippen molar-refractivity contribution in [1.29, 1.82) is 0 Å². The van der Waals surface area contributed by atoms with E-state index in [0.717, 1.165) is 11.6 Å². The Balaban J connectivity index is 2.24. The third-order valence-electron chi connectivity index (χ3n) is 3.01. The highest BCUT2D eigenvalue weighted by Gasteiger charge is 2.14. The van der Waals surface area contributed by atoms with Crippen LogP contribution in [-0.2, 0) is 6.54 Å². The molecule has 0 amide bonds. The maximum atomic E-state index is 13.7. The Hall–Kier alpha value is -1.81. The van der Waals surface area contributed by atoms with Crippen molar-refractivity contribution in [2.45, 2.75) is 26.4 Å². The molecular weight excluding hydrogens is 263 g/mol. The highest BCUT2D eigenvalue weighted by Crippen LogP contribution is 2.26. The van der Waals surface area contributed by atoms with Crippen LogP contribution in [0.4, 0.5) is 13.2 Å². The SMILES string of the molecule is CC(C)NCc1ccc(-c2ccc(F)c(F)c2F)cc1. The summed E-state index contributed by atoms with van der Waals surface area (Å²) in [5, 5.41) is 3.27. The van der Waals surface area contributed by atoms with Gasteiger partial charge in [-0.15, -0.1) is 0 Å². The van der Waals surface area contributed by atoms with Crippen LogP contribution in [0.2, 0.25) is 0 Å². The van der Waals surface area contributed by atoms with Gasteiger partial charge in [0.1, 0.15) is 0 Å². The summed E-state index contributed by atoms with van der Waals surface area (Å²) in [6.45, 7) is 4.80. The molecule has 0 aliphatic carbocycles. The van der Waals surface area contributed by atoms with Gasteiger partial charge in [0, 0.05) is 18.2 Å². The summed E-state index contributed by atoms with van der Waals surface area (Å²) in [5.74, 6) is -3.77. The zero-order chi connectivity index (χ0) is 14.7. The Morgan fingerprint density at radius 1 is 0.900 bits per heavy atom. The molecule has 0 saturated heterocycles. The van der Waals surface area contributed by atoms with Gasteiger partial charge in [0.25, 0.3) is 0 Å². The fourth-order valence-electron chi connectivity index (χ4n) is 1.87. The first-order chi connectivity index (χ1) is 9.49. The zero-order valence-corrected chi connectivity index (χ0v) is 11.4. The maximum Gasteiger partial charge on any atom is 0.195 e. The van der Waals surface area contributed by atoms with Crippen molar-refractivity contribution in [3.05, 3.63) is 59.4 Å². The van der Waals surface area contributed by atoms with Crippen LogP contribution in [-0.4, -0.2) is 6.04 Å². The van der Waals surface area contributed by atoms with E-state index >= 15 is 0 Å². The van der Waals surface area contributed by atoms with Crippen molar-refractivity contribution in [2.24, 2.45) is 0 Å². The monoisotopic (exact) mass is 279 g/mol. The molecule has 0 aliphatic heterocycles. The maximum absolute atomic E-state index is 13.7. The van der Waals surface area contributed by atoms with E-state index in [0.29, 0.717) is 18.2 Å². The van der Waals surface area contributed by atoms with E-state index in [9.17, 15) is 13.2 Å². The molecule has 1 N–H and O–H groups in total. The molecule has 0 saturated carbocycles. The number of halogens is 3. The smallest absolute Gasteiger partial charge is 0.195 e. The van der Waals surface area contributed by atoms with E-state index < -0.39 is 17.5 Å². The second kappa shape index (κ2) is 6.09. The van der Waals surface area contributed by atoms with Gasteiger partial charge in [0.05, 0.1) is 0 Å². The zero-order valence-electron chi connectivity index (χ0n) is 11.4. The van der Waals surface area contributed by atoms with Gasteiger partial charge in [-0.25, -0.2) is 13.2 Å². The highest BCUT2D eigenvalue weighted by molar-refractivity contribution is 5.64. The second-order valence-electron chi connectivity index (χ2n) is 4.96. The van der Waals surface area contributed by atoms with E-state index in [1.807, 2.05) is 26.0 Å². The van der Waals surface area contributed by atoms with Crippen LogP contribution in [0, 0.1) is 17.5 Å². The summed E-state index contributed by atoms with van der Waals surface area (Å²) in [5.41, 5.74) is 1.63. The molecule has 2 aromatic rings. The summed E-state index contributed by atoms with van der Waals surface area (Å²) in [7, 11) is 0. The molecule has 0 spiro atoms. The largest absolute Gasteiger partial charge is 0.310 e. The summed E-state index contributed by atoms with van der Waals surface area (Å²) < 4.78 is 39.8. The normalized spacial score (nSPS) is 11.1. The third kappa shape index (κ3) is 3.20. The van der Waals surface area contributed by atoms with Crippen LogP contribution in [0.1, 0.15) is 19.4 Å². The second-order valence-corrected chi connectivity index (χ2v) is 4.96. The Bertz CT molecular complexity index is 591. The molecule has 4 heteroatoms. The van der Waals surface area contributed by atoms with E-state index in [2.05, 4.69) is 5.32 Å². The van der Waals surface area contributed by atoms with Gasteiger partial charge in [0.15, 0.2) is 17.5 Å². The van der Waals surface area contributed by atoms with E-state index in [1.54, 1.807) is 12.1 Å². The summed E-state index contributed by atoms with van der Waals surface area (Å²) in [6.07, 6.45) is 0. The van der Waals surface area contributed by atoms with E-state index in [-0.39, 0.29) is 5.56 Å². The number of benzene rings is 2. The van der Waals surface area contributed by atoms with Gasteiger partial charge in [-0.3, -0.25) is 0 Å². The number of hydrogen-bond donors (Lipinski definition) is 1. The molecule has 106 valence electrons. The molecule has 20 heavy (non-hydrogen) atoms. The Labute approximate surface area is 116 Å². The first-order valence-electron chi connectivity index (χ1n) is 6.45. The van der Waals surface area contributed by atoms with Crippen LogP contribution < -0.4 is 5.32 Å². The molecule has 2 aromatic carbocycles. The van der Waals surface area contributed by atoms with Crippen molar-refractivity contribution < 1.29 is 13.2 Å². The molecule has 2 rings (SSSR count). The Kier molecular flexibility index (Phi) is 4.45. The minimum atomic E-state index is -1.44. The molecule has 0 fully saturated rings. The standard InChI is InChI=1S/C16H16F3N/c1-10(2)20-9-11-3-5-12(6-4-11)13-7-8-14(17)16(19)15(13)18/h3-8,10,20H,9H2,1-2H3. The lowest BCUT2D eigenvalue weighted by Crippen LogP contribution is -2.21. The van der Waals surface area contributed by atoms with Crippen molar-refractivity contribution in [1.82, 2.24) is 5.32 Å². The molecule has 0 atom stereocenters. The third-order valence-corrected chi connectivity index (χ3v) is 3.01. The molecule has 0 bridgehead atoms. The first kappa shape index (κ1) is 14.6. The summed E-state index contributed by atoms with van der Waals surface area (Å²) in [4.78, 5) is 0. The van der Waals surface area contributed by atoms with Gasteiger partial charge in [0.2, 0.25) is 0 Å². The van der Waals surface area contributed by atoms with Gasteiger partial charge in [-0.1, -0.05) is 38.1 Å². The highest BCUT2D eigenvalue weighted by atomic mass is 19.2. The quantitative estimate of drug-likeness (QED) is 0.824. The minimum Gasteiger partial charge on any atom is -0.310 e. The molecule has 1 nitrogen and oxygen atoms in total. The number of rotatable bonds is 4. The number of nitrogens with one attached hydrogen (secondary N) is 1. The summed E-state index contributed by atoms with van der Waals surface area (Å²) in [6, 6.07) is 9.63. The van der Waals surface area contributed by atoms with E-state index in [4.69, 9.17) is 0 Å². The van der Waals surface area contributed by atoms with Crippen LogP contribution in [0.5, 0.6) is 0 Å². The molecule has 0 aromatic heterocycles. The van der Waals surface area contributed by atoms with Crippen LogP contribution in [0.15, 0.2) is 36.4 Å². The van der Waals surface area contributed by atoms with Gasteiger partial charge >= 0.3 is 0 Å². The van der Waals surface area contributed by atoms with Crippen molar-refractivity contribution in [2.75, 3.05) is 0 Å². The van der Waals surface area contributed by atoms with E-state index in [1.165, 1.54) is 6.07 Å². The first-order valence-corrected chi connectivity index (χ1v) is 6.45. The van der Waals surface area contributed by atoms with Crippen molar-refractivity contribution >= 4 is 0 Å². The molecule has 0 aliphatic rings. The minimum absolute atomic E-state index is 0.0623. The van der Waals surface area contributed by atoms with Gasteiger partial charge < -0.3 is 5.32 Å². The summed E-state index contributed by atoms with van der Waals surface area (Å²) >= 11 is 0. The number of hydrogen-bond acceptors (Lipinski definition) is 1. The predicted molar refractivity (Wildman–Crippen MR) is 73.7 cm³/mol. The lowest BCUT2D eigenvalue weighted by atomic mass is 10.0. The molecular formula is C16H16F3N. The van der Waals surface area contributed by atoms with Crippen LogP contribution in [0.25, 0.3) is 11.1 Å². The van der Waals surface area contributed by atoms with Crippen LogP contribution in [0.3, 0.4) is 0 Å². The lowest BCUT2D eigenvalue weighted by molar-refractivity contribution is 0.449. The molecule has 0 radical (unpaired) electrons.